The van der Waals surface area contributed by atoms with E-state index in [1.54, 1.807) is 32.2 Å². The summed E-state index contributed by atoms with van der Waals surface area (Å²) in [6.45, 7) is 11.0. The monoisotopic (exact) mass is 599 g/mol. The number of carbonyl (C=O) groups is 1. The number of fused-ring (bicyclic) bond motifs is 1. The molecule has 0 aliphatic carbocycles. The van der Waals surface area contributed by atoms with Gasteiger partial charge in [0.2, 0.25) is 0 Å². The molecule has 44 heavy (non-hydrogen) atoms. The topological polar surface area (TPSA) is 94.6 Å². The lowest BCUT2D eigenvalue weighted by Gasteiger charge is -2.32. The lowest BCUT2D eigenvalue weighted by atomic mass is 9.88. The van der Waals surface area contributed by atoms with E-state index in [1.807, 2.05) is 37.6 Å². The van der Waals surface area contributed by atoms with E-state index in [0.717, 1.165) is 60.8 Å². The molecule has 230 valence electrons. The van der Waals surface area contributed by atoms with Crippen LogP contribution in [0.2, 0.25) is 0 Å². The number of nitrogens with zero attached hydrogens (tertiary/aromatic N) is 5. The van der Waals surface area contributed by atoms with Gasteiger partial charge in [-0.15, -0.1) is 0 Å². The van der Waals surface area contributed by atoms with Crippen molar-refractivity contribution in [3.05, 3.63) is 100 Å². The van der Waals surface area contributed by atoms with Gasteiger partial charge >= 0.3 is 5.97 Å². The minimum atomic E-state index is -1.23. The van der Waals surface area contributed by atoms with Crippen molar-refractivity contribution in [2.45, 2.75) is 71.9 Å². The number of para-hydroxylation sites is 1. The normalized spacial score (nSPS) is 19.1. The highest BCUT2D eigenvalue weighted by atomic mass is 19.1. The molecule has 1 saturated heterocycles. The average Bonchev–Trinajstić information content (AvgIpc) is 3.70. The van der Waals surface area contributed by atoms with Crippen LogP contribution in [0.15, 0.2) is 60.7 Å². The summed E-state index contributed by atoms with van der Waals surface area (Å²) in [5, 5.41) is 9.47. The van der Waals surface area contributed by atoms with Crippen molar-refractivity contribution in [3.8, 4) is 11.5 Å². The molecule has 2 aliphatic rings. The number of likely N-dealkylation sites (tertiary alicyclic amines) is 1. The highest BCUT2D eigenvalue weighted by Crippen LogP contribution is 2.49. The van der Waals surface area contributed by atoms with Crippen LogP contribution in [0.3, 0.4) is 0 Å². The number of benzene rings is 2. The molecule has 2 aromatic carbocycles. The first kappa shape index (κ1) is 29.6. The lowest BCUT2D eigenvalue weighted by molar-refractivity contribution is -0.132. The average molecular weight is 600 g/mol. The van der Waals surface area contributed by atoms with E-state index < -0.39 is 11.8 Å². The molecule has 6 rings (SSSR count). The van der Waals surface area contributed by atoms with Crippen molar-refractivity contribution in [2.24, 2.45) is 0 Å². The van der Waals surface area contributed by atoms with Crippen molar-refractivity contribution in [3.63, 3.8) is 0 Å². The maximum Gasteiger partial charge on any atom is 0.331 e. The molecule has 10 heteroatoms. The lowest BCUT2D eigenvalue weighted by Crippen LogP contribution is -2.34. The van der Waals surface area contributed by atoms with Crippen molar-refractivity contribution < 1.29 is 23.8 Å². The molecule has 0 unspecified atom stereocenters. The first-order valence-corrected chi connectivity index (χ1v) is 15.1. The minimum absolute atomic E-state index is 0.255. The standard InChI is InChI=1S/C34H38FN5O4/c1-5-39-21-36-17-26(39)19-40-25(16-23(3)33(41)42)18-37-31(40)20-38-13-11-24(12-14-38)27-7-6-8-30-32(27)44-34(4,43-30)28-10-9-22(2)15-29(28)35/h6-10,15-18,21,24H,5,11-14,19-20H2,1-4H3,(H,41,42)/b23-16+/t34-/m1/s1. The Morgan fingerprint density at radius 3 is 2.68 bits per heavy atom. The second kappa shape index (κ2) is 11.9. The molecular weight excluding hydrogens is 561 g/mol. The largest absolute Gasteiger partial charge is 0.478 e. The van der Waals surface area contributed by atoms with E-state index in [2.05, 4.69) is 32.0 Å². The number of carboxylic acid groups (broad SMARTS) is 1. The molecule has 2 aromatic heterocycles. The fourth-order valence-corrected chi connectivity index (χ4v) is 6.23. The van der Waals surface area contributed by atoms with Crippen LogP contribution >= 0.6 is 0 Å². The van der Waals surface area contributed by atoms with Gasteiger partial charge in [0.25, 0.3) is 5.79 Å². The second-order valence-electron chi connectivity index (χ2n) is 11.8. The predicted octanol–water partition coefficient (Wildman–Crippen LogP) is 6.11. The zero-order valence-corrected chi connectivity index (χ0v) is 25.6. The zero-order chi connectivity index (χ0) is 31.0. The third-order valence-electron chi connectivity index (χ3n) is 8.75. The summed E-state index contributed by atoms with van der Waals surface area (Å²) >= 11 is 0. The minimum Gasteiger partial charge on any atom is -0.478 e. The van der Waals surface area contributed by atoms with Crippen LogP contribution in [0.25, 0.3) is 6.08 Å². The zero-order valence-electron chi connectivity index (χ0n) is 25.6. The Bertz CT molecular complexity index is 1720. The van der Waals surface area contributed by atoms with Crippen molar-refractivity contribution in [2.75, 3.05) is 13.1 Å². The molecule has 1 N–H and O–H groups in total. The number of halogens is 1. The van der Waals surface area contributed by atoms with Gasteiger partial charge in [0, 0.05) is 30.8 Å². The highest BCUT2D eigenvalue weighted by Gasteiger charge is 2.42. The Morgan fingerprint density at radius 2 is 1.95 bits per heavy atom. The van der Waals surface area contributed by atoms with Gasteiger partial charge in [-0.05, 0) is 82.5 Å². The summed E-state index contributed by atoms with van der Waals surface area (Å²) in [6, 6.07) is 11.1. The van der Waals surface area contributed by atoms with Crippen molar-refractivity contribution in [1.82, 2.24) is 24.0 Å². The number of hydrogen-bond donors (Lipinski definition) is 1. The van der Waals surface area contributed by atoms with Crippen molar-refractivity contribution in [1.29, 1.82) is 0 Å². The Morgan fingerprint density at radius 1 is 1.16 bits per heavy atom. The number of carboxylic acids is 1. The quantitative estimate of drug-likeness (QED) is 0.232. The van der Waals surface area contributed by atoms with Crippen molar-refractivity contribution >= 4 is 12.0 Å². The van der Waals surface area contributed by atoms with Gasteiger partial charge in [-0.25, -0.2) is 19.2 Å². The molecule has 0 saturated carbocycles. The smallest absolute Gasteiger partial charge is 0.331 e. The Hall–Kier alpha value is -4.44. The Kier molecular flexibility index (Phi) is 8.02. The fourth-order valence-electron chi connectivity index (χ4n) is 6.23. The number of piperidine rings is 1. The summed E-state index contributed by atoms with van der Waals surface area (Å²) in [5.41, 5.74) is 4.35. The fraction of sp³-hybridized carbons (Fsp3) is 0.382. The van der Waals surface area contributed by atoms with Crippen LogP contribution in [0.5, 0.6) is 11.5 Å². The Balaban J connectivity index is 1.18. The summed E-state index contributed by atoms with van der Waals surface area (Å²) < 4.78 is 31.7. The number of imidazole rings is 2. The number of aromatic nitrogens is 4. The van der Waals surface area contributed by atoms with Crippen LogP contribution in [-0.2, 0) is 30.2 Å². The number of rotatable bonds is 9. The molecule has 4 heterocycles. The SMILES string of the molecule is CCn1cncc1Cn1c(/C=C(\C)C(=O)O)cnc1CN1CCC(c2cccc3c2O[C@](C)(c2ccc(C)cc2F)O3)CC1. The molecule has 0 spiro atoms. The van der Waals surface area contributed by atoms with E-state index in [1.165, 1.54) is 6.07 Å². The number of aliphatic carboxylic acids is 1. The van der Waals surface area contributed by atoms with Crippen LogP contribution in [0, 0.1) is 12.7 Å². The molecule has 2 aliphatic heterocycles. The van der Waals surface area contributed by atoms with E-state index in [9.17, 15) is 14.3 Å². The highest BCUT2D eigenvalue weighted by molar-refractivity contribution is 5.91. The summed E-state index contributed by atoms with van der Waals surface area (Å²) in [4.78, 5) is 23.0. The number of hydrogen-bond acceptors (Lipinski definition) is 6. The molecule has 9 nitrogen and oxygen atoms in total. The Labute approximate surface area is 256 Å². The van der Waals surface area contributed by atoms with E-state index in [0.29, 0.717) is 30.2 Å². The molecule has 4 aromatic rings. The van der Waals surface area contributed by atoms with Crippen LogP contribution in [0.4, 0.5) is 4.39 Å². The van der Waals surface area contributed by atoms with Crippen LogP contribution < -0.4 is 9.47 Å². The predicted molar refractivity (Wildman–Crippen MR) is 164 cm³/mol. The third-order valence-corrected chi connectivity index (χ3v) is 8.75. The molecule has 0 amide bonds. The van der Waals surface area contributed by atoms with E-state index in [4.69, 9.17) is 14.5 Å². The van der Waals surface area contributed by atoms with Crippen LogP contribution in [0.1, 0.15) is 73.4 Å². The summed E-state index contributed by atoms with van der Waals surface area (Å²) in [7, 11) is 0. The summed E-state index contributed by atoms with van der Waals surface area (Å²) in [6.07, 6.45) is 8.92. The third kappa shape index (κ3) is 5.74. The van der Waals surface area contributed by atoms with Gasteiger partial charge in [-0.2, -0.15) is 0 Å². The second-order valence-corrected chi connectivity index (χ2v) is 11.8. The van der Waals surface area contributed by atoms with Gasteiger partial charge in [0.1, 0.15) is 11.6 Å². The number of ether oxygens (including phenoxy) is 2. The first-order chi connectivity index (χ1) is 21.1. The first-order valence-electron chi connectivity index (χ1n) is 15.1. The van der Waals surface area contributed by atoms with Gasteiger partial charge in [0.05, 0.1) is 42.6 Å². The van der Waals surface area contributed by atoms with Gasteiger partial charge < -0.3 is 23.7 Å². The van der Waals surface area contributed by atoms with E-state index >= 15 is 0 Å². The molecule has 0 radical (unpaired) electrons. The molecule has 0 bridgehead atoms. The molecule has 1 atom stereocenters. The summed E-state index contributed by atoms with van der Waals surface area (Å²) in [5.74, 6) is -0.0441. The maximum atomic E-state index is 14.9. The van der Waals surface area contributed by atoms with Gasteiger partial charge in [-0.3, -0.25) is 4.90 Å². The molecule has 1 fully saturated rings. The van der Waals surface area contributed by atoms with Gasteiger partial charge in [-0.1, -0.05) is 18.2 Å². The van der Waals surface area contributed by atoms with Gasteiger partial charge in [0.15, 0.2) is 11.5 Å². The number of aryl methyl sites for hydroxylation is 2. The van der Waals surface area contributed by atoms with Crippen LogP contribution in [-0.4, -0.2) is 48.2 Å². The van der Waals surface area contributed by atoms with E-state index in [-0.39, 0.29) is 17.3 Å². The molecular formula is C34H38FN5O4. The maximum absolute atomic E-state index is 14.9.